The first kappa shape index (κ1) is 15.5. The van der Waals surface area contributed by atoms with E-state index in [1.807, 2.05) is 0 Å². The minimum Gasteiger partial charge on any atom is -0.350 e. The van der Waals surface area contributed by atoms with Crippen LogP contribution in [0.15, 0.2) is 29.2 Å². The smallest absolute Gasteiger partial charge is 0.242 e. The van der Waals surface area contributed by atoms with E-state index in [0.29, 0.717) is 18.4 Å². The van der Waals surface area contributed by atoms with E-state index in [1.54, 1.807) is 12.1 Å². The molecule has 0 spiro atoms. The van der Waals surface area contributed by atoms with Crippen LogP contribution in [0.3, 0.4) is 0 Å². The summed E-state index contributed by atoms with van der Waals surface area (Å²) in [5, 5.41) is 5.27. The number of hydrogen-bond acceptors (Lipinski definition) is 4. The molecular weight excluding hydrogens is 294 g/mol. The molecule has 2 amide bonds. The number of carbonyl (C=O) groups is 2. The van der Waals surface area contributed by atoms with Crippen LogP contribution in [0.2, 0.25) is 0 Å². The zero-order valence-corrected chi connectivity index (χ0v) is 12.4. The summed E-state index contributed by atoms with van der Waals surface area (Å²) >= 11 is 0. The maximum absolute atomic E-state index is 11.8. The Bertz CT molecular complexity index is 657. The van der Waals surface area contributed by atoms with E-state index in [4.69, 9.17) is 0 Å². The number of benzene rings is 1. The Morgan fingerprint density at radius 3 is 2.81 bits per heavy atom. The molecule has 7 nitrogen and oxygen atoms in total. The predicted molar refractivity (Wildman–Crippen MR) is 75.7 cm³/mol. The Labute approximate surface area is 123 Å². The molecule has 2 rings (SSSR count). The first-order chi connectivity index (χ1) is 9.92. The predicted octanol–water partition coefficient (Wildman–Crippen LogP) is -0.510. The standard InChI is InChI=1S/C13H17N3O4S/c1-14-21(19,20)10-4-2-3-9(7-10)8-15-13(18)11-5-6-12(17)16-11/h2-4,7,11,14H,5-6,8H2,1H3,(H,15,18)(H,16,17). The summed E-state index contributed by atoms with van der Waals surface area (Å²) in [6.45, 7) is 0.207. The first-order valence-corrected chi connectivity index (χ1v) is 8.00. The summed E-state index contributed by atoms with van der Waals surface area (Å²) in [5.74, 6) is -0.389. The molecule has 0 bridgehead atoms. The van der Waals surface area contributed by atoms with Crippen molar-refractivity contribution in [2.75, 3.05) is 7.05 Å². The Kier molecular flexibility index (Phi) is 4.59. The molecule has 1 unspecified atom stereocenters. The van der Waals surface area contributed by atoms with E-state index in [2.05, 4.69) is 15.4 Å². The van der Waals surface area contributed by atoms with Crippen molar-refractivity contribution in [3.8, 4) is 0 Å². The summed E-state index contributed by atoms with van der Waals surface area (Å²) in [6.07, 6.45) is 0.840. The lowest BCUT2D eigenvalue weighted by atomic mass is 10.2. The molecule has 3 N–H and O–H groups in total. The molecule has 1 saturated heterocycles. The van der Waals surface area contributed by atoms with Gasteiger partial charge in [-0.1, -0.05) is 12.1 Å². The van der Waals surface area contributed by atoms with Gasteiger partial charge in [0.25, 0.3) is 0 Å². The highest BCUT2D eigenvalue weighted by molar-refractivity contribution is 7.89. The third-order valence-electron chi connectivity index (χ3n) is 3.26. The van der Waals surface area contributed by atoms with Crippen LogP contribution in [0.1, 0.15) is 18.4 Å². The van der Waals surface area contributed by atoms with Crippen molar-refractivity contribution in [1.29, 1.82) is 0 Å². The van der Waals surface area contributed by atoms with Gasteiger partial charge in [-0.05, 0) is 31.2 Å². The second kappa shape index (κ2) is 6.23. The summed E-state index contributed by atoms with van der Waals surface area (Å²) in [6, 6.07) is 5.82. The van der Waals surface area contributed by atoms with Crippen LogP contribution < -0.4 is 15.4 Å². The van der Waals surface area contributed by atoms with Crippen LogP contribution >= 0.6 is 0 Å². The Hall–Kier alpha value is -1.93. The van der Waals surface area contributed by atoms with Gasteiger partial charge >= 0.3 is 0 Å². The van der Waals surface area contributed by atoms with Crippen LogP contribution in [-0.4, -0.2) is 33.3 Å². The molecule has 1 aromatic carbocycles. The summed E-state index contributed by atoms with van der Waals surface area (Å²) < 4.78 is 25.6. The fraction of sp³-hybridized carbons (Fsp3) is 0.385. The highest BCUT2D eigenvalue weighted by atomic mass is 32.2. The van der Waals surface area contributed by atoms with Gasteiger partial charge in [-0.2, -0.15) is 0 Å². The van der Waals surface area contributed by atoms with Gasteiger partial charge in [-0.3, -0.25) is 9.59 Å². The van der Waals surface area contributed by atoms with Crippen LogP contribution in [0.5, 0.6) is 0 Å². The molecule has 0 radical (unpaired) electrons. The molecule has 1 heterocycles. The van der Waals surface area contributed by atoms with Gasteiger partial charge in [0.2, 0.25) is 21.8 Å². The van der Waals surface area contributed by atoms with Crippen molar-refractivity contribution in [3.05, 3.63) is 29.8 Å². The Balaban J connectivity index is 1.99. The highest BCUT2D eigenvalue weighted by Gasteiger charge is 2.26. The van der Waals surface area contributed by atoms with Gasteiger partial charge in [0.1, 0.15) is 6.04 Å². The SMILES string of the molecule is CNS(=O)(=O)c1cccc(CNC(=O)C2CCC(=O)N2)c1. The largest absolute Gasteiger partial charge is 0.350 e. The Morgan fingerprint density at radius 2 is 2.19 bits per heavy atom. The fourth-order valence-corrected chi connectivity index (χ4v) is 2.86. The van der Waals surface area contributed by atoms with E-state index in [1.165, 1.54) is 19.2 Å². The minimum atomic E-state index is -3.50. The van der Waals surface area contributed by atoms with Crippen molar-refractivity contribution in [1.82, 2.24) is 15.4 Å². The van der Waals surface area contributed by atoms with Gasteiger partial charge < -0.3 is 10.6 Å². The third kappa shape index (κ3) is 3.79. The van der Waals surface area contributed by atoms with Gasteiger partial charge in [0.15, 0.2) is 0 Å². The van der Waals surface area contributed by atoms with Gasteiger partial charge in [-0.15, -0.1) is 0 Å². The maximum atomic E-state index is 11.8. The van der Waals surface area contributed by atoms with Crippen LogP contribution in [0, 0.1) is 0 Å². The van der Waals surface area contributed by atoms with Crippen LogP contribution in [0.4, 0.5) is 0 Å². The maximum Gasteiger partial charge on any atom is 0.242 e. The second-order valence-corrected chi connectivity index (χ2v) is 6.62. The van der Waals surface area contributed by atoms with Crippen molar-refractivity contribution >= 4 is 21.8 Å². The van der Waals surface area contributed by atoms with E-state index in [9.17, 15) is 18.0 Å². The van der Waals surface area contributed by atoms with Crippen molar-refractivity contribution in [3.63, 3.8) is 0 Å². The average molecular weight is 311 g/mol. The summed E-state index contributed by atoms with van der Waals surface area (Å²) in [4.78, 5) is 23.0. The number of carbonyl (C=O) groups excluding carboxylic acids is 2. The molecule has 1 aliphatic heterocycles. The molecule has 8 heteroatoms. The average Bonchev–Trinajstić information content (AvgIpc) is 2.92. The van der Waals surface area contributed by atoms with E-state index in [0.717, 1.165) is 0 Å². The van der Waals surface area contributed by atoms with Crippen LogP contribution in [-0.2, 0) is 26.2 Å². The molecule has 0 saturated carbocycles. The fourth-order valence-electron chi connectivity index (χ4n) is 2.06. The molecule has 0 aliphatic carbocycles. The molecule has 1 atom stereocenters. The van der Waals surface area contributed by atoms with Gasteiger partial charge in [0.05, 0.1) is 4.90 Å². The monoisotopic (exact) mass is 311 g/mol. The molecule has 1 aliphatic rings. The molecule has 114 valence electrons. The highest BCUT2D eigenvalue weighted by Crippen LogP contribution is 2.11. The molecule has 21 heavy (non-hydrogen) atoms. The van der Waals surface area contributed by atoms with E-state index < -0.39 is 16.1 Å². The lowest BCUT2D eigenvalue weighted by Gasteiger charge is -2.11. The number of sulfonamides is 1. The van der Waals surface area contributed by atoms with Crippen molar-refractivity contribution in [2.45, 2.75) is 30.3 Å². The lowest BCUT2D eigenvalue weighted by Crippen LogP contribution is -2.41. The van der Waals surface area contributed by atoms with E-state index >= 15 is 0 Å². The molecular formula is C13H17N3O4S. The molecule has 1 fully saturated rings. The zero-order valence-electron chi connectivity index (χ0n) is 11.5. The minimum absolute atomic E-state index is 0.128. The van der Waals surface area contributed by atoms with Crippen molar-refractivity contribution < 1.29 is 18.0 Å². The lowest BCUT2D eigenvalue weighted by molar-refractivity contribution is -0.125. The molecule has 1 aromatic rings. The number of rotatable bonds is 5. The van der Waals surface area contributed by atoms with Crippen molar-refractivity contribution in [2.24, 2.45) is 0 Å². The number of nitrogens with one attached hydrogen (secondary N) is 3. The summed E-state index contributed by atoms with van der Waals surface area (Å²) in [5.41, 5.74) is 0.670. The second-order valence-electron chi connectivity index (χ2n) is 4.73. The van der Waals surface area contributed by atoms with Gasteiger partial charge in [-0.25, -0.2) is 13.1 Å². The zero-order chi connectivity index (χ0) is 15.5. The topological polar surface area (TPSA) is 104 Å². The van der Waals surface area contributed by atoms with Crippen LogP contribution in [0.25, 0.3) is 0 Å². The number of amides is 2. The first-order valence-electron chi connectivity index (χ1n) is 6.52. The molecule has 0 aromatic heterocycles. The van der Waals surface area contributed by atoms with E-state index in [-0.39, 0.29) is 23.3 Å². The normalized spacial score (nSPS) is 18.3. The quantitative estimate of drug-likeness (QED) is 0.681. The van der Waals surface area contributed by atoms with Gasteiger partial charge in [0, 0.05) is 13.0 Å². The number of hydrogen-bond donors (Lipinski definition) is 3. The third-order valence-corrected chi connectivity index (χ3v) is 4.67. The Morgan fingerprint density at radius 1 is 1.43 bits per heavy atom. The summed E-state index contributed by atoms with van der Waals surface area (Å²) in [7, 11) is -2.16.